The number of fused-ring (bicyclic) bond motifs is 1. The van der Waals surface area contributed by atoms with E-state index in [4.69, 9.17) is 4.98 Å². The molecule has 0 fully saturated rings. The van der Waals surface area contributed by atoms with E-state index in [1.165, 1.54) is 10.4 Å². The van der Waals surface area contributed by atoms with E-state index in [2.05, 4.69) is 42.4 Å². The number of rotatable bonds is 6. The van der Waals surface area contributed by atoms with Crippen molar-refractivity contribution in [3.63, 3.8) is 0 Å². The monoisotopic (exact) mass is 424 g/mol. The Morgan fingerprint density at radius 3 is 2.66 bits per heavy atom. The van der Waals surface area contributed by atoms with Crippen molar-refractivity contribution in [2.45, 2.75) is 13.0 Å². The van der Waals surface area contributed by atoms with Gasteiger partial charge in [-0.3, -0.25) is 9.78 Å². The number of hydrogen-bond donors (Lipinski definition) is 1. The number of aromatic nitrogens is 7. The number of aryl methyl sites for hydroxylation is 1. The standard InChI is InChI=1S/C23H20N8O/c1-30-20-8-7-18(14-19(20)26-21(30)13-16-5-3-2-4-6-16)25-22(32)15-31-28-23(27-29-31)17-9-11-24-12-10-17/h2-12,14H,13,15H2,1H3,(H,25,32). The number of nitrogens with one attached hydrogen (secondary N) is 1. The van der Waals surface area contributed by atoms with E-state index in [1.807, 2.05) is 43.4 Å². The second-order valence-electron chi connectivity index (χ2n) is 7.38. The minimum absolute atomic E-state index is 0.0441. The number of benzene rings is 2. The summed E-state index contributed by atoms with van der Waals surface area (Å²) in [5.74, 6) is 1.16. The molecule has 0 radical (unpaired) electrons. The van der Waals surface area contributed by atoms with Gasteiger partial charge in [-0.05, 0) is 41.1 Å². The Bertz CT molecular complexity index is 1380. The van der Waals surface area contributed by atoms with Gasteiger partial charge in [-0.25, -0.2) is 4.98 Å². The van der Waals surface area contributed by atoms with Crippen LogP contribution in [0.5, 0.6) is 0 Å². The van der Waals surface area contributed by atoms with Gasteiger partial charge < -0.3 is 9.88 Å². The van der Waals surface area contributed by atoms with E-state index < -0.39 is 0 Å². The van der Waals surface area contributed by atoms with Crippen molar-refractivity contribution in [1.29, 1.82) is 0 Å². The summed E-state index contributed by atoms with van der Waals surface area (Å²) < 4.78 is 2.08. The highest BCUT2D eigenvalue weighted by atomic mass is 16.2. The van der Waals surface area contributed by atoms with Crippen molar-refractivity contribution in [2.75, 3.05) is 5.32 Å². The van der Waals surface area contributed by atoms with Gasteiger partial charge in [-0.1, -0.05) is 30.3 Å². The van der Waals surface area contributed by atoms with Crippen LogP contribution in [0.2, 0.25) is 0 Å². The number of tetrazole rings is 1. The highest BCUT2D eigenvalue weighted by Crippen LogP contribution is 2.21. The topological polar surface area (TPSA) is 103 Å². The zero-order chi connectivity index (χ0) is 21.9. The Balaban J connectivity index is 1.29. The molecule has 3 aromatic heterocycles. The Morgan fingerprint density at radius 1 is 1.03 bits per heavy atom. The fraction of sp³-hybridized carbons (Fsp3) is 0.130. The maximum atomic E-state index is 12.5. The van der Waals surface area contributed by atoms with Gasteiger partial charge in [-0.2, -0.15) is 4.80 Å². The Hall–Kier alpha value is -4.40. The molecular weight excluding hydrogens is 404 g/mol. The van der Waals surface area contributed by atoms with Crippen LogP contribution in [0.25, 0.3) is 22.4 Å². The van der Waals surface area contributed by atoms with E-state index in [0.717, 1.165) is 28.8 Å². The van der Waals surface area contributed by atoms with Crippen LogP contribution in [-0.4, -0.2) is 40.6 Å². The molecule has 0 aliphatic carbocycles. The summed E-state index contributed by atoms with van der Waals surface area (Å²) in [5.41, 5.74) is 4.50. The number of imidazole rings is 1. The first-order chi connectivity index (χ1) is 15.7. The summed E-state index contributed by atoms with van der Waals surface area (Å²) in [5, 5.41) is 15.1. The van der Waals surface area contributed by atoms with Gasteiger partial charge in [0.1, 0.15) is 12.4 Å². The fourth-order valence-corrected chi connectivity index (χ4v) is 3.52. The lowest BCUT2D eigenvalue weighted by Gasteiger charge is -2.05. The Labute approximate surface area is 183 Å². The lowest BCUT2D eigenvalue weighted by atomic mass is 10.1. The highest BCUT2D eigenvalue weighted by Gasteiger charge is 2.12. The van der Waals surface area contributed by atoms with Crippen molar-refractivity contribution >= 4 is 22.6 Å². The van der Waals surface area contributed by atoms with Crippen LogP contribution >= 0.6 is 0 Å². The molecule has 5 rings (SSSR count). The molecule has 0 atom stereocenters. The minimum Gasteiger partial charge on any atom is -0.331 e. The third kappa shape index (κ3) is 4.08. The van der Waals surface area contributed by atoms with Gasteiger partial charge in [0, 0.05) is 37.1 Å². The number of nitrogens with zero attached hydrogens (tertiary/aromatic N) is 7. The second-order valence-corrected chi connectivity index (χ2v) is 7.38. The van der Waals surface area contributed by atoms with E-state index >= 15 is 0 Å². The van der Waals surface area contributed by atoms with Gasteiger partial charge in [-0.15, -0.1) is 10.2 Å². The molecule has 158 valence electrons. The predicted molar refractivity (Wildman–Crippen MR) is 120 cm³/mol. The van der Waals surface area contributed by atoms with Crippen LogP contribution in [0.1, 0.15) is 11.4 Å². The molecule has 9 nitrogen and oxygen atoms in total. The quantitative estimate of drug-likeness (QED) is 0.450. The molecule has 0 bridgehead atoms. The van der Waals surface area contributed by atoms with Gasteiger partial charge in [0.25, 0.3) is 0 Å². The van der Waals surface area contributed by atoms with Crippen LogP contribution in [0, 0.1) is 0 Å². The van der Waals surface area contributed by atoms with Gasteiger partial charge in [0.05, 0.1) is 11.0 Å². The molecule has 0 unspecified atom stereocenters. The van der Waals surface area contributed by atoms with Crippen LogP contribution in [-0.2, 0) is 24.8 Å². The third-order valence-corrected chi connectivity index (χ3v) is 5.14. The summed E-state index contributed by atoms with van der Waals surface area (Å²) in [7, 11) is 2.00. The molecule has 32 heavy (non-hydrogen) atoms. The van der Waals surface area contributed by atoms with Crippen molar-refractivity contribution in [1.82, 2.24) is 34.7 Å². The molecule has 0 saturated carbocycles. The van der Waals surface area contributed by atoms with Crippen molar-refractivity contribution in [2.24, 2.45) is 7.05 Å². The highest BCUT2D eigenvalue weighted by molar-refractivity contribution is 5.93. The van der Waals surface area contributed by atoms with Crippen LogP contribution in [0.3, 0.4) is 0 Å². The molecule has 3 heterocycles. The first kappa shape index (κ1) is 19.6. The lowest BCUT2D eigenvalue weighted by molar-refractivity contribution is -0.117. The average molecular weight is 424 g/mol. The normalized spacial score (nSPS) is 11.0. The number of hydrogen-bond acceptors (Lipinski definition) is 6. The molecule has 9 heteroatoms. The smallest absolute Gasteiger partial charge is 0.248 e. The number of pyridine rings is 1. The first-order valence-electron chi connectivity index (χ1n) is 10.1. The minimum atomic E-state index is -0.247. The second kappa shape index (κ2) is 8.38. The van der Waals surface area contributed by atoms with E-state index in [1.54, 1.807) is 24.5 Å². The summed E-state index contributed by atoms with van der Waals surface area (Å²) in [4.78, 5) is 22.5. The third-order valence-electron chi connectivity index (χ3n) is 5.14. The number of carbonyl (C=O) groups is 1. The SMILES string of the molecule is Cn1c(Cc2ccccc2)nc2cc(NC(=O)Cn3nnc(-c4ccncc4)n3)ccc21. The summed E-state index contributed by atoms with van der Waals surface area (Å²) in [6, 6.07) is 19.5. The van der Waals surface area contributed by atoms with Crippen LogP contribution in [0.4, 0.5) is 5.69 Å². The van der Waals surface area contributed by atoms with Crippen molar-refractivity contribution in [3.05, 3.63) is 84.4 Å². The summed E-state index contributed by atoms with van der Waals surface area (Å²) in [6.45, 7) is -0.0441. The van der Waals surface area contributed by atoms with E-state index in [9.17, 15) is 4.79 Å². The maximum absolute atomic E-state index is 12.5. The predicted octanol–water partition coefficient (Wildman–Crippen LogP) is 2.85. The van der Waals surface area contributed by atoms with E-state index in [-0.39, 0.29) is 12.5 Å². The molecule has 1 N–H and O–H groups in total. The number of anilines is 1. The molecule has 5 aromatic rings. The van der Waals surface area contributed by atoms with Crippen molar-refractivity contribution < 1.29 is 4.79 Å². The molecule has 2 aromatic carbocycles. The number of carbonyl (C=O) groups excluding carboxylic acids is 1. The summed E-state index contributed by atoms with van der Waals surface area (Å²) >= 11 is 0. The molecule has 0 saturated heterocycles. The Morgan fingerprint density at radius 2 is 1.84 bits per heavy atom. The maximum Gasteiger partial charge on any atom is 0.248 e. The zero-order valence-electron chi connectivity index (χ0n) is 17.4. The molecule has 0 aliphatic heterocycles. The van der Waals surface area contributed by atoms with Crippen LogP contribution < -0.4 is 5.32 Å². The zero-order valence-corrected chi connectivity index (χ0v) is 17.4. The van der Waals surface area contributed by atoms with Crippen molar-refractivity contribution in [3.8, 4) is 11.4 Å². The van der Waals surface area contributed by atoms with E-state index in [0.29, 0.717) is 11.5 Å². The van der Waals surface area contributed by atoms with Gasteiger partial charge >= 0.3 is 0 Å². The van der Waals surface area contributed by atoms with Gasteiger partial charge in [0.15, 0.2) is 0 Å². The van der Waals surface area contributed by atoms with Crippen LogP contribution in [0.15, 0.2) is 73.1 Å². The average Bonchev–Trinajstić information content (AvgIpc) is 3.39. The fourth-order valence-electron chi connectivity index (χ4n) is 3.52. The molecule has 0 spiro atoms. The lowest BCUT2D eigenvalue weighted by Crippen LogP contribution is -2.20. The first-order valence-corrected chi connectivity index (χ1v) is 10.1. The molecule has 0 aliphatic rings. The van der Waals surface area contributed by atoms with Gasteiger partial charge in [0.2, 0.25) is 11.7 Å². The molecule has 1 amide bonds. The molecular formula is C23H20N8O. The number of amides is 1. The Kier molecular flexibility index (Phi) is 5.12. The summed E-state index contributed by atoms with van der Waals surface area (Å²) in [6.07, 6.45) is 4.05. The largest absolute Gasteiger partial charge is 0.331 e.